The van der Waals surface area contributed by atoms with E-state index in [-0.39, 0.29) is 41.0 Å². The van der Waals surface area contributed by atoms with Gasteiger partial charge in [0.1, 0.15) is 35.3 Å². The van der Waals surface area contributed by atoms with Gasteiger partial charge in [0.15, 0.2) is 0 Å². The number of anilines is 2. The van der Waals surface area contributed by atoms with E-state index in [1.165, 1.54) is 12.1 Å². The van der Waals surface area contributed by atoms with Crippen molar-refractivity contribution in [2.75, 3.05) is 77.6 Å². The van der Waals surface area contributed by atoms with Crippen LogP contribution in [0.2, 0.25) is 5.02 Å². The average molecular weight is 906 g/mol. The van der Waals surface area contributed by atoms with Crippen LogP contribution in [0.1, 0.15) is 50.3 Å². The molecule has 13 nitrogen and oxygen atoms in total. The molecule has 7 rings (SSSR count). The number of ether oxygens (including phenoxy) is 5. The number of alkyl halides is 3. The summed E-state index contributed by atoms with van der Waals surface area (Å²) >= 11 is 7.05. The first-order chi connectivity index (χ1) is 30.5. The van der Waals surface area contributed by atoms with E-state index in [4.69, 9.17) is 50.2 Å². The second-order valence-electron chi connectivity index (χ2n) is 17.1. The lowest BCUT2D eigenvalue weighted by molar-refractivity contribution is -0.137. The summed E-state index contributed by atoms with van der Waals surface area (Å²) < 4.78 is 73.2. The molecule has 1 amide bonds. The van der Waals surface area contributed by atoms with Gasteiger partial charge < -0.3 is 38.4 Å². The van der Waals surface area contributed by atoms with Crippen molar-refractivity contribution in [1.29, 1.82) is 0 Å². The molecule has 17 heteroatoms. The number of halogens is 4. The van der Waals surface area contributed by atoms with Crippen molar-refractivity contribution in [1.82, 2.24) is 24.8 Å². The molecule has 2 saturated heterocycles. The molecule has 4 heterocycles. The van der Waals surface area contributed by atoms with Crippen LogP contribution >= 0.6 is 11.6 Å². The summed E-state index contributed by atoms with van der Waals surface area (Å²) in [6.07, 6.45) is -3.36. The first kappa shape index (κ1) is 46.4. The van der Waals surface area contributed by atoms with Gasteiger partial charge in [0, 0.05) is 69.4 Å². The summed E-state index contributed by atoms with van der Waals surface area (Å²) in [6.45, 7) is 8.48. The molecule has 0 aliphatic carbocycles. The van der Waals surface area contributed by atoms with Crippen LogP contribution in [0.4, 0.5) is 29.6 Å². The number of aromatic nitrogens is 3. The van der Waals surface area contributed by atoms with Gasteiger partial charge in [-0.1, -0.05) is 35.9 Å². The Balaban J connectivity index is 1.29. The third kappa shape index (κ3) is 11.0. The maximum Gasteiger partial charge on any atom is 0.418 e. The lowest BCUT2D eigenvalue weighted by Crippen LogP contribution is -2.50. The average Bonchev–Trinajstić information content (AvgIpc) is 3.62. The number of nitrogens with zero attached hydrogens (tertiary/aromatic N) is 7. The Morgan fingerprint density at radius 3 is 1.94 bits per heavy atom. The monoisotopic (exact) mass is 905 g/mol. The zero-order valence-corrected chi connectivity index (χ0v) is 38.0. The Morgan fingerprint density at radius 2 is 1.39 bits per heavy atom. The molecule has 2 atom stereocenters. The van der Waals surface area contributed by atoms with Crippen molar-refractivity contribution < 1.29 is 41.7 Å². The fourth-order valence-corrected chi connectivity index (χ4v) is 8.31. The summed E-state index contributed by atoms with van der Waals surface area (Å²) in [5.41, 5.74) is 0.189. The Morgan fingerprint density at radius 1 is 0.797 bits per heavy atom. The molecular formula is C47H55ClF3N7O6. The number of likely N-dealkylation sites (N-methyl/N-ethyl adjacent to an activating group) is 1. The second-order valence-corrected chi connectivity index (χ2v) is 17.5. The summed E-state index contributed by atoms with van der Waals surface area (Å²) in [5.74, 6) is 2.14. The first-order valence-electron chi connectivity index (χ1n) is 21.2. The number of pyridine rings is 1. The zero-order chi connectivity index (χ0) is 45.8. The molecule has 3 aromatic carbocycles. The van der Waals surface area contributed by atoms with Crippen molar-refractivity contribution in [2.24, 2.45) is 0 Å². The lowest BCUT2D eigenvalue weighted by Gasteiger charge is -2.36. The molecule has 0 radical (unpaired) electrons. The van der Waals surface area contributed by atoms with Gasteiger partial charge in [-0.2, -0.15) is 23.1 Å². The van der Waals surface area contributed by atoms with Gasteiger partial charge in [-0.05, 0) is 100 Å². The van der Waals surface area contributed by atoms with Crippen LogP contribution in [0.3, 0.4) is 0 Å². The van der Waals surface area contributed by atoms with Crippen molar-refractivity contribution in [2.45, 2.75) is 70.6 Å². The van der Waals surface area contributed by atoms with Crippen molar-refractivity contribution in [3.63, 3.8) is 0 Å². The highest BCUT2D eigenvalue weighted by Gasteiger charge is 2.37. The highest BCUT2D eigenvalue weighted by molar-refractivity contribution is 6.34. The topological polar surface area (TPSA) is 115 Å². The third-order valence-electron chi connectivity index (χ3n) is 11.6. The minimum atomic E-state index is -4.77. The number of amides is 1. The molecular weight excluding hydrogens is 851 g/mol. The zero-order valence-electron chi connectivity index (χ0n) is 37.2. The van der Waals surface area contributed by atoms with Gasteiger partial charge >= 0.3 is 18.3 Å². The van der Waals surface area contributed by atoms with Crippen molar-refractivity contribution in [3.05, 3.63) is 94.5 Å². The normalized spacial score (nSPS) is 17.2. The summed E-state index contributed by atoms with van der Waals surface area (Å²) in [7, 11) is 6.88. The first-order valence-corrected chi connectivity index (χ1v) is 21.6. The van der Waals surface area contributed by atoms with E-state index >= 15 is 13.2 Å². The van der Waals surface area contributed by atoms with Gasteiger partial charge in [-0.25, -0.2) is 9.78 Å². The van der Waals surface area contributed by atoms with E-state index in [9.17, 15) is 4.79 Å². The quantitative estimate of drug-likeness (QED) is 0.106. The fraction of sp³-hybridized carbons (Fsp3) is 0.447. The van der Waals surface area contributed by atoms with E-state index in [1.54, 1.807) is 32.3 Å². The van der Waals surface area contributed by atoms with Crippen LogP contribution in [0, 0.1) is 0 Å². The summed E-state index contributed by atoms with van der Waals surface area (Å²) in [6, 6.07) is 20.9. The van der Waals surface area contributed by atoms with Crippen LogP contribution in [-0.4, -0.2) is 116 Å². The van der Waals surface area contributed by atoms with Gasteiger partial charge in [0.2, 0.25) is 0 Å². The van der Waals surface area contributed by atoms with Crippen LogP contribution in [0.5, 0.6) is 17.5 Å². The van der Waals surface area contributed by atoms with Gasteiger partial charge in [0.25, 0.3) is 0 Å². The van der Waals surface area contributed by atoms with Crippen molar-refractivity contribution in [3.8, 4) is 28.8 Å². The van der Waals surface area contributed by atoms with Crippen LogP contribution < -0.4 is 24.0 Å². The molecule has 0 bridgehead atoms. The standard InChI is InChI=1S/C47H55ClF3N7O6/c1-46(2,3)64-45(59)57-22-20-56(21-23-57)43-37-24-39(48)36(25-40(37)52-44(54-43)63-29-33-13-12-32(28-60-5)55(33)4)42-38(47(49,50)51)18-19-41(53-42)58(26-30-8-14-34(61-6)15-9-30)27-31-10-16-35(62-7)17-11-31/h8-11,14-19,24-25,32-33H,12-13,20-23,26-29H2,1-7H3. The number of carbonyl (C=O) groups excluding carboxylic acids is 1. The molecule has 0 N–H and O–H groups in total. The summed E-state index contributed by atoms with van der Waals surface area (Å²) in [4.78, 5) is 35.1. The molecule has 2 fully saturated rings. The Hall–Kier alpha value is -5.58. The SMILES string of the molecule is COCC1CCC(COc2nc(N3CCN(C(=O)OC(C)(C)C)CC3)c3cc(Cl)c(-c4nc(N(Cc5ccc(OC)cc5)Cc5ccc(OC)cc5)ccc4C(F)(F)F)cc3n2)N1C. The van der Waals surface area contributed by atoms with E-state index in [0.29, 0.717) is 79.9 Å². The molecule has 64 heavy (non-hydrogen) atoms. The largest absolute Gasteiger partial charge is 0.497 e. The number of hydrogen-bond acceptors (Lipinski definition) is 12. The molecule has 2 aliphatic heterocycles. The molecule has 2 aliphatic rings. The molecule has 5 aromatic rings. The van der Waals surface area contributed by atoms with E-state index < -0.39 is 23.4 Å². The third-order valence-corrected chi connectivity index (χ3v) is 11.9. The molecule has 0 spiro atoms. The molecule has 2 aromatic heterocycles. The number of benzene rings is 3. The summed E-state index contributed by atoms with van der Waals surface area (Å²) in [5, 5.41) is 0.539. The van der Waals surface area contributed by atoms with Gasteiger partial charge in [0.05, 0.1) is 42.6 Å². The predicted octanol–water partition coefficient (Wildman–Crippen LogP) is 9.13. The van der Waals surface area contributed by atoms with E-state index in [0.717, 1.165) is 30.0 Å². The minimum absolute atomic E-state index is 0.0298. The number of likely N-dealkylation sites (tertiary alicyclic amines) is 1. The second kappa shape index (κ2) is 19.7. The molecule has 342 valence electrons. The lowest BCUT2D eigenvalue weighted by atomic mass is 10.0. The molecule has 0 saturated carbocycles. The van der Waals surface area contributed by atoms with Gasteiger partial charge in [-0.3, -0.25) is 4.90 Å². The number of hydrogen-bond donors (Lipinski definition) is 0. The minimum Gasteiger partial charge on any atom is -0.497 e. The highest BCUT2D eigenvalue weighted by Crippen LogP contribution is 2.42. The fourth-order valence-electron chi connectivity index (χ4n) is 8.06. The Bertz CT molecular complexity index is 2340. The Labute approximate surface area is 377 Å². The smallest absolute Gasteiger partial charge is 0.418 e. The van der Waals surface area contributed by atoms with Crippen LogP contribution in [-0.2, 0) is 28.7 Å². The van der Waals surface area contributed by atoms with E-state index in [1.807, 2.05) is 86.1 Å². The number of methoxy groups -OCH3 is 3. The number of fused-ring (bicyclic) bond motifs is 1. The maximum absolute atomic E-state index is 15.0. The van der Waals surface area contributed by atoms with Crippen LogP contribution in [0.25, 0.3) is 22.2 Å². The highest BCUT2D eigenvalue weighted by atomic mass is 35.5. The van der Waals surface area contributed by atoms with Crippen molar-refractivity contribution >= 4 is 40.2 Å². The van der Waals surface area contributed by atoms with Crippen LogP contribution in [0.15, 0.2) is 72.8 Å². The maximum atomic E-state index is 15.0. The van der Waals surface area contributed by atoms with Gasteiger partial charge in [-0.15, -0.1) is 0 Å². The predicted molar refractivity (Wildman–Crippen MR) is 241 cm³/mol. The number of piperazine rings is 1. The molecule has 2 unspecified atom stereocenters. The van der Waals surface area contributed by atoms with E-state index in [2.05, 4.69) is 4.90 Å². The Kier molecular flexibility index (Phi) is 14.3. The number of carbonyl (C=O) groups is 1. The number of rotatable bonds is 14.